The fourth-order valence-corrected chi connectivity index (χ4v) is 8.62. The van der Waals surface area contributed by atoms with Gasteiger partial charge in [-0.2, -0.15) is 0 Å². The maximum absolute atomic E-state index is 14.6. The van der Waals surface area contributed by atoms with E-state index in [9.17, 15) is 4.39 Å². The number of anilines is 3. The van der Waals surface area contributed by atoms with Gasteiger partial charge in [-0.25, -0.2) is 4.39 Å². The predicted molar refractivity (Wildman–Crippen MR) is 239 cm³/mol. The van der Waals surface area contributed by atoms with Gasteiger partial charge in [0.25, 0.3) is 0 Å². The smallest absolute Gasteiger partial charge is 0.136 e. The molecule has 0 fully saturated rings. The standard InChI is InChI=1S/C54H35FN2O/c55-40-28-33-51-48(35-40)46-17-5-8-21-50(46)57(51)49-20-7-4-16-44(49)37-24-29-41(30-25-37)56(43-15-10-14-39(34-43)36-12-2-1-3-13-36)42-31-26-38(27-32-42)45-19-11-23-53-54(45)47-18-6-9-22-52(47)58-53/h1-35H. The number of hydrogen-bond acceptors (Lipinski definition) is 2. The van der Waals surface area contributed by atoms with Crippen molar-refractivity contribution in [3.63, 3.8) is 0 Å². The monoisotopic (exact) mass is 746 g/mol. The molecule has 0 bridgehead atoms. The zero-order chi connectivity index (χ0) is 38.6. The van der Waals surface area contributed by atoms with Crippen LogP contribution in [0.5, 0.6) is 0 Å². The predicted octanol–water partition coefficient (Wildman–Crippen LogP) is 15.3. The van der Waals surface area contributed by atoms with Crippen molar-refractivity contribution in [2.75, 3.05) is 4.90 Å². The summed E-state index contributed by atoms with van der Waals surface area (Å²) >= 11 is 0. The van der Waals surface area contributed by atoms with Gasteiger partial charge in [-0.1, -0.05) is 133 Å². The average Bonchev–Trinajstić information content (AvgIpc) is 3.83. The molecule has 274 valence electrons. The van der Waals surface area contributed by atoms with Gasteiger partial charge in [0.15, 0.2) is 0 Å². The summed E-state index contributed by atoms with van der Waals surface area (Å²) in [5.74, 6) is -0.239. The van der Waals surface area contributed by atoms with Crippen LogP contribution in [0.1, 0.15) is 0 Å². The summed E-state index contributed by atoms with van der Waals surface area (Å²) in [5.41, 5.74) is 14.7. The molecule has 4 heteroatoms. The van der Waals surface area contributed by atoms with Crippen LogP contribution in [0.15, 0.2) is 217 Å². The summed E-state index contributed by atoms with van der Waals surface area (Å²) in [5, 5.41) is 4.17. The molecule has 11 aromatic rings. The van der Waals surface area contributed by atoms with E-state index in [1.807, 2.05) is 36.4 Å². The Labute approximate surface area is 335 Å². The molecule has 3 nitrogen and oxygen atoms in total. The van der Waals surface area contributed by atoms with Crippen molar-refractivity contribution in [2.24, 2.45) is 0 Å². The first kappa shape index (κ1) is 33.6. The quantitative estimate of drug-likeness (QED) is 0.162. The maximum atomic E-state index is 14.6. The van der Waals surface area contributed by atoms with Gasteiger partial charge in [0.05, 0.1) is 16.7 Å². The molecule has 11 rings (SSSR count). The lowest BCUT2D eigenvalue weighted by Crippen LogP contribution is -2.10. The zero-order valence-electron chi connectivity index (χ0n) is 31.4. The molecule has 2 aromatic heterocycles. The van der Waals surface area contributed by atoms with Crippen molar-refractivity contribution in [3.8, 4) is 39.1 Å². The molecule has 0 aliphatic heterocycles. The highest BCUT2D eigenvalue weighted by molar-refractivity contribution is 6.12. The molecule has 2 heterocycles. The first-order valence-electron chi connectivity index (χ1n) is 19.5. The Hall–Kier alpha value is -7.69. The van der Waals surface area contributed by atoms with E-state index in [-0.39, 0.29) is 5.82 Å². The largest absolute Gasteiger partial charge is 0.456 e. The van der Waals surface area contributed by atoms with E-state index in [4.69, 9.17) is 4.42 Å². The number of nitrogens with zero attached hydrogens (tertiary/aromatic N) is 2. The second-order valence-electron chi connectivity index (χ2n) is 14.7. The van der Waals surface area contributed by atoms with Crippen LogP contribution in [0.2, 0.25) is 0 Å². The number of para-hydroxylation sites is 3. The molecule has 0 aliphatic carbocycles. The van der Waals surface area contributed by atoms with Crippen molar-refractivity contribution < 1.29 is 8.81 Å². The van der Waals surface area contributed by atoms with Crippen LogP contribution in [-0.4, -0.2) is 4.57 Å². The maximum Gasteiger partial charge on any atom is 0.136 e. The van der Waals surface area contributed by atoms with Gasteiger partial charge in [-0.05, 0) is 107 Å². The van der Waals surface area contributed by atoms with Crippen LogP contribution in [0.25, 0.3) is 82.8 Å². The Bertz CT molecular complexity index is 3290. The summed E-state index contributed by atoms with van der Waals surface area (Å²) in [6, 6.07) is 73.2. The van der Waals surface area contributed by atoms with E-state index < -0.39 is 0 Å². The highest BCUT2D eigenvalue weighted by Gasteiger charge is 2.19. The van der Waals surface area contributed by atoms with Crippen LogP contribution in [0.3, 0.4) is 0 Å². The Balaban J connectivity index is 1.02. The second kappa shape index (κ2) is 13.8. The van der Waals surface area contributed by atoms with Gasteiger partial charge in [0.2, 0.25) is 0 Å². The topological polar surface area (TPSA) is 21.3 Å². The van der Waals surface area contributed by atoms with Crippen LogP contribution < -0.4 is 4.90 Å². The number of benzene rings is 9. The average molecular weight is 747 g/mol. The number of aromatic nitrogens is 1. The lowest BCUT2D eigenvalue weighted by atomic mass is 9.98. The number of fused-ring (bicyclic) bond motifs is 6. The van der Waals surface area contributed by atoms with Crippen molar-refractivity contribution in [2.45, 2.75) is 0 Å². The minimum atomic E-state index is -0.239. The third kappa shape index (κ3) is 5.65. The minimum absolute atomic E-state index is 0.239. The second-order valence-corrected chi connectivity index (χ2v) is 14.7. The fraction of sp³-hybridized carbons (Fsp3) is 0. The van der Waals surface area contributed by atoms with Gasteiger partial charge in [0.1, 0.15) is 17.0 Å². The van der Waals surface area contributed by atoms with Crippen LogP contribution >= 0.6 is 0 Å². The van der Waals surface area contributed by atoms with Crippen LogP contribution in [-0.2, 0) is 0 Å². The molecular formula is C54H35FN2O. The molecule has 0 radical (unpaired) electrons. The van der Waals surface area contributed by atoms with E-state index in [0.717, 1.165) is 94.3 Å². The van der Waals surface area contributed by atoms with Gasteiger partial charge >= 0.3 is 0 Å². The SMILES string of the molecule is Fc1ccc2c(c1)c1ccccc1n2-c1ccccc1-c1ccc(N(c2ccc(-c3cccc4oc5ccccc5c34)cc2)c2cccc(-c3ccccc3)c2)cc1. The fourth-order valence-electron chi connectivity index (χ4n) is 8.62. The number of halogens is 1. The van der Waals surface area contributed by atoms with E-state index in [0.29, 0.717) is 0 Å². The van der Waals surface area contributed by atoms with Crippen molar-refractivity contribution >= 4 is 60.8 Å². The van der Waals surface area contributed by atoms with Gasteiger partial charge in [0, 0.05) is 44.2 Å². The van der Waals surface area contributed by atoms with E-state index in [2.05, 4.69) is 173 Å². The highest BCUT2D eigenvalue weighted by atomic mass is 19.1. The molecule has 0 N–H and O–H groups in total. The Morgan fingerprint density at radius 3 is 1.79 bits per heavy atom. The van der Waals surface area contributed by atoms with E-state index >= 15 is 0 Å². The van der Waals surface area contributed by atoms with Crippen molar-refractivity contribution in [1.82, 2.24) is 4.57 Å². The van der Waals surface area contributed by atoms with Gasteiger partial charge in [-0.15, -0.1) is 0 Å². The highest BCUT2D eigenvalue weighted by Crippen LogP contribution is 2.42. The molecule has 0 saturated heterocycles. The first-order valence-corrected chi connectivity index (χ1v) is 19.5. The van der Waals surface area contributed by atoms with Crippen molar-refractivity contribution in [1.29, 1.82) is 0 Å². The Morgan fingerprint density at radius 1 is 0.379 bits per heavy atom. The number of hydrogen-bond donors (Lipinski definition) is 0. The lowest BCUT2D eigenvalue weighted by Gasteiger charge is -2.26. The molecule has 0 spiro atoms. The van der Waals surface area contributed by atoms with E-state index in [1.165, 1.54) is 5.56 Å². The molecule has 9 aromatic carbocycles. The summed E-state index contributed by atoms with van der Waals surface area (Å²) in [4.78, 5) is 2.32. The molecule has 58 heavy (non-hydrogen) atoms. The third-order valence-electron chi connectivity index (χ3n) is 11.3. The summed E-state index contributed by atoms with van der Waals surface area (Å²) < 4.78 is 23.0. The minimum Gasteiger partial charge on any atom is -0.456 e. The third-order valence-corrected chi connectivity index (χ3v) is 11.3. The molecule has 0 unspecified atom stereocenters. The van der Waals surface area contributed by atoms with E-state index in [1.54, 1.807) is 12.1 Å². The zero-order valence-corrected chi connectivity index (χ0v) is 31.4. The Morgan fingerprint density at radius 2 is 0.983 bits per heavy atom. The molecular weight excluding hydrogens is 712 g/mol. The summed E-state index contributed by atoms with van der Waals surface area (Å²) in [6.45, 7) is 0. The van der Waals surface area contributed by atoms with Gasteiger partial charge in [-0.3, -0.25) is 0 Å². The van der Waals surface area contributed by atoms with Crippen LogP contribution in [0, 0.1) is 5.82 Å². The molecule has 0 atom stereocenters. The number of furan rings is 1. The van der Waals surface area contributed by atoms with Gasteiger partial charge < -0.3 is 13.9 Å². The molecule has 0 amide bonds. The summed E-state index contributed by atoms with van der Waals surface area (Å²) in [6.07, 6.45) is 0. The first-order chi connectivity index (χ1) is 28.7. The molecule has 0 aliphatic rings. The van der Waals surface area contributed by atoms with Crippen molar-refractivity contribution in [3.05, 3.63) is 218 Å². The molecule has 0 saturated carbocycles. The normalized spacial score (nSPS) is 11.5. The lowest BCUT2D eigenvalue weighted by molar-refractivity contribution is 0.629. The summed E-state index contributed by atoms with van der Waals surface area (Å²) in [7, 11) is 0. The van der Waals surface area contributed by atoms with Crippen LogP contribution in [0.4, 0.5) is 21.5 Å². The number of rotatable bonds is 7. The Kier molecular flexibility index (Phi) is 8.00.